The van der Waals surface area contributed by atoms with Crippen LogP contribution < -0.4 is 19.5 Å². The third-order valence-corrected chi connectivity index (χ3v) is 4.47. The molecule has 0 aliphatic carbocycles. The Morgan fingerprint density at radius 2 is 2.04 bits per heavy atom. The van der Waals surface area contributed by atoms with Crippen LogP contribution in [0.25, 0.3) is 0 Å². The molecular weight excluding hydrogens is 344 g/mol. The second-order valence-electron chi connectivity index (χ2n) is 6.58. The fourth-order valence-electron chi connectivity index (χ4n) is 3.06. The van der Waals surface area contributed by atoms with Gasteiger partial charge in [-0.1, -0.05) is 25.1 Å². The van der Waals surface area contributed by atoms with Crippen LogP contribution in [-0.2, 0) is 4.79 Å². The molecule has 1 aliphatic heterocycles. The molecule has 1 unspecified atom stereocenters. The number of amides is 1. The third kappa shape index (κ3) is 4.92. The lowest BCUT2D eigenvalue weighted by molar-refractivity contribution is -0.117. The Kier molecular flexibility index (Phi) is 6.19. The highest BCUT2D eigenvalue weighted by Crippen LogP contribution is 2.31. The van der Waals surface area contributed by atoms with Crippen molar-refractivity contribution in [2.24, 2.45) is 0 Å². The lowest BCUT2D eigenvalue weighted by Crippen LogP contribution is -2.43. The van der Waals surface area contributed by atoms with Crippen LogP contribution in [0.15, 0.2) is 42.5 Å². The maximum absolute atomic E-state index is 12.5. The smallest absolute Gasteiger partial charge is 0.238 e. The van der Waals surface area contributed by atoms with Gasteiger partial charge in [0, 0.05) is 6.54 Å². The number of nitrogens with zero attached hydrogens (tertiary/aromatic N) is 1. The predicted octanol–water partition coefficient (Wildman–Crippen LogP) is 3.10. The van der Waals surface area contributed by atoms with Crippen LogP contribution in [-0.4, -0.2) is 50.3 Å². The molecule has 0 saturated carbocycles. The molecule has 6 nitrogen and oxygen atoms in total. The molecule has 0 spiro atoms. The first kappa shape index (κ1) is 19.0. The molecule has 6 heteroatoms. The molecule has 2 aromatic rings. The van der Waals surface area contributed by atoms with E-state index in [0.717, 1.165) is 23.6 Å². The van der Waals surface area contributed by atoms with Crippen LogP contribution in [0, 0.1) is 6.92 Å². The summed E-state index contributed by atoms with van der Waals surface area (Å²) in [6.07, 6.45) is -0.110. The summed E-state index contributed by atoms with van der Waals surface area (Å²) in [7, 11) is 1.59. The molecular formula is C21H26N2O4. The molecule has 1 atom stereocenters. The summed E-state index contributed by atoms with van der Waals surface area (Å²) in [5.41, 5.74) is 1.74. The number of carbonyl (C=O) groups excluding carboxylic acids is 1. The first-order valence-electron chi connectivity index (χ1n) is 9.14. The first-order chi connectivity index (χ1) is 13.1. The van der Waals surface area contributed by atoms with Gasteiger partial charge in [-0.3, -0.25) is 9.69 Å². The molecule has 1 heterocycles. The zero-order chi connectivity index (χ0) is 19.2. The highest BCUT2D eigenvalue weighted by atomic mass is 16.6. The minimum atomic E-state index is -0.110. The van der Waals surface area contributed by atoms with E-state index in [2.05, 4.69) is 5.32 Å². The van der Waals surface area contributed by atoms with Crippen molar-refractivity contribution < 1.29 is 19.0 Å². The van der Waals surface area contributed by atoms with Crippen molar-refractivity contribution in [3.63, 3.8) is 0 Å². The summed E-state index contributed by atoms with van der Waals surface area (Å²) in [6, 6.07) is 13.3. The van der Waals surface area contributed by atoms with E-state index in [-0.39, 0.29) is 18.6 Å². The van der Waals surface area contributed by atoms with E-state index in [0.29, 0.717) is 24.6 Å². The summed E-state index contributed by atoms with van der Waals surface area (Å²) in [4.78, 5) is 14.6. The monoisotopic (exact) mass is 370 g/mol. The summed E-state index contributed by atoms with van der Waals surface area (Å²) >= 11 is 0. The quantitative estimate of drug-likeness (QED) is 0.812. The summed E-state index contributed by atoms with van der Waals surface area (Å²) < 4.78 is 17.1. The zero-order valence-corrected chi connectivity index (χ0v) is 16.0. The molecule has 3 rings (SSSR count). The summed E-state index contributed by atoms with van der Waals surface area (Å²) in [5.74, 6) is 2.08. The number of nitrogens with one attached hydrogen (secondary N) is 1. The molecule has 1 amide bonds. The van der Waals surface area contributed by atoms with Crippen molar-refractivity contribution in [3.05, 3.63) is 48.0 Å². The number of likely N-dealkylation sites (N-methyl/N-ethyl adjacent to an activating group) is 1. The Morgan fingerprint density at radius 3 is 2.78 bits per heavy atom. The second kappa shape index (κ2) is 8.77. The minimum Gasteiger partial charge on any atom is -0.495 e. The van der Waals surface area contributed by atoms with Gasteiger partial charge < -0.3 is 19.5 Å². The molecule has 1 aliphatic rings. The molecule has 2 aromatic carbocycles. The number of para-hydroxylation sites is 2. The highest BCUT2D eigenvalue weighted by Gasteiger charge is 2.23. The Labute approximate surface area is 160 Å². The maximum Gasteiger partial charge on any atom is 0.238 e. The molecule has 27 heavy (non-hydrogen) atoms. The van der Waals surface area contributed by atoms with E-state index < -0.39 is 0 Å². The Morgan fingerprint density at radius 1 is 1.26 bits per heavy atom. The van der Waals surface area contributed by atoms with Gasteiger partial charge in [-0.25, -0.2) is 0 Å². The fourth-order valence-corrected chi connectivity index (χ4v) is 3.06. The summed E-state index contributed by atoms with van der Waals surface area (Å²) in [5, 5.41) is 2.94. The van der Waals surface area contributed by atoms with Crippen LogP contribution in [0.4, 0.5) is 5.69 Å². The predicted molar refractivity (Wildman–Crippen MR) is 105 cm³/mol. The van der Waals surface area contributed by atoms with Crippen LogP contribution in [0.5, 0.6) is 17.2 Å². The fraction of sp³-hybridized carbons (Fsp3) is 0.381. The average Bonchev–Trinajstić information content (AvgIpc) is 2.67. The van der Waals surface area contributed by atoms with Crippen LogP contribution in [0.2, 0.25) is 0 Å². The van der Waals surface area contributed by atoms with E-state index in [4.69, 9.17) is 14.2 Å². The Balaban J connectivity index is 1.57. The van der Waals surface area contributed by atoms with E-state index in [9.17, 15) is 4.79 Å². The number of hydrogen-bond donors (Lipinski definition) is 1. The standard InChI is InChI=1S/C21H26N2O4/c1-4-23(12-16-14-26-19-7-5-6-8-20(19)27-16)13-21(24)22-17-11-15(2)9-10-18(17)25-3/h5-11,16H,4,12-14H2,1-3H3,(H,22,24). The number of ether oxygens (including phenoxy) is 3. The zero-order valence-electron chi connectivity index (χ0n) is 16.0. The van der Waals surface area contributed by atoms with Gasteiger partial charge in [-0.15, -0.1) is 0 Å². The molecule has 0 aromatic heterocycles. The van der Waals surface area contributed by atoms with Gasteiger partial charge in [0.15, 0.2) is 11.5 Å². The average molecular weight is 370 g/mol. The lowest BCUT2D eigenvalue weighted by Gasteiger charge is -2.30. The third-order valence-electron chi connectivity index (χ3n) is 4.47. The van der Waals surface area contributed by atoms with Crippen molar-refractivity contribution in [3.8, 4) is 17.2 Å². The van der Waals surface area contributed by atoms with Crippen molar-refractivity contribution in [1.82, 2.24) is 4.90 Å². The number of methoxy groups -OCH3 is 1. The number of anilines is 1. The number of aryl methyl sites for hydroxylation is 1. The van der Waals surface area contributed by atoms with E-state index >= 15 is 0 Å². The number of fused-ring (bicyclic) bond motifs is 1. The summed E-state index contributed by atoms with van der Waals surface area (Å²) in [6.45, 7) is 6.10. The highest BCUT2D eigenvalue weighted by molar-refractivity contribution is 5.93. The topological polar surface area (TPSA) is 60.0 Å². The molecule has 0 radical (unpaired) electrons. The molecule has 0 fully saturated rings. The van der Waals surface area contributed by atoms with Gasteiger partial charge in [0.1, 0.15) is 18.5 Å². The van der Waals surface area contributed by atoms with Gasteiger partial charge in [-0.2, -0.15) is 0 Å². The van der Waals surface area contributed by atoms with Gasteiger partial charge in [-0.05, 0) is 43.3 Å². The minimum absolute atomic E-state index is 0.0853. The van der Waals surface area contributed by atoms with Crippen molar-refractivity contribution in [2.75, 3.05) is 38.7 Å². The van der Waals surface area contributed by atoms with Crippen LogP contribution in [0.1, 0.15) is 12.5 Å². The van der Waals surface area contributed by atoms with E-state index in [1.807, 2.05) is 61.2 Å². The second-order valence-corrected chi connectivity index (χ2v) is 6.58. The van der Waals surface area contributed by atoms with E-state index in [1.165, 1.54) is 0 Å². The van der Waals surface area contributed by atoms with Crippen molar-refractivity contribution in [1.29, 1.82) is 0 Å². The molecule has 0 bridgehead atoms. The largest absolute Gasteiger partial charge is 0.495 e. The lowest BCUT2D eigenvalue weighted by atomic mass is 10.2. The van der Waals surface area contributed by atoms with Crippen LogP contribution in [0.3, 0.4) is 0 Å². The first-order valence-corrected chi connectivity index (χ1v) is 9.14. The van der Waals surface area contributed by atoms with Gasteiger partial charge in [0.25, 0.3) is 0 Å². The number of benzene rings is 2. The van der Waals surface area contributed by atoms with Gasteiger partial charge >= 0.3 is 0 Å². The Hall–Kier alpha value is -2.73. The normalized spacial score (nSPS) is 15.5. The Bertz CT molecular complexity index is 794. The number of carbonyl (C=O) groups is 1. The molecule has 144 valence electrons. The maximum atomic E-state index is 12.5. The molecule has 0 saturated heterocycles. The number of hydrogen-bond acceptors (Lipinski definition) is 5. The van der Waals surface area contributed by atoms with Crippen molar-refractivity contribution in [2.45, 2.75) is 20.0 Å². The number of rotatable bonds is 7. The van der Waals surface area contributed by atoms with Gasteiger partial charge in [0.05, 0.1) is 19.3 Å². The SMILES string of the molecule is CCN(CC(=O)Nc1cc(C)ccc1OC)CC1COc2ccccc2O1. The van der Waals surface area contributed by atoms with Crippen molar-refractivity contribution >= 4 is 11.6 Å². The van der Waals surface area contributed by atoms with Gasteiger partial charge in [0.2, 0.25) is 5.91 Å². The molecule has 1 N–H and O–H groups in total. The van der Waals surface area contributed by atoms with Crippen LogP contribution >= 0.6 is 0 Å². The van der Waals surface area contributed by atoms with E-state index in [1.54, 1.807) is 7.11 Å².